The fourth-order valence-electron chi connectivity index (χ4n) is 3.99. The number of hydrogen-bond acceptors (Lipinski definition) is 1. The van der Waals surface area contributed by atoms with Crippen molar-refractivity contribution in [3.63, 3.8) is 0 Å². The SMILES string of the molecule is CCCCCc1ccc(-c2ccc3c(F)c(CCCCC)c(OC(F)F)cc3c2)cc1. The number of hydrogen-bond donors (Lipinski definition) is 0. The van der Waals surface area contributed by atoms with Crippen LogP contribution in [0.3, 0.4) is 0 Å². The van der Waals surface area contributed by atoms with Crippen LogP contribution in [0.1, 0.15) is 63.5 Å². The Balaban J connectivity index is 1.92. The molecule has 166 valence electrons. The summed E-state index contributed by atoms with van der Waals surface area (Å²) in [5.74, 6) is -0.512. The summed E-state index contributed by atoms with van der Waals surface area (Å²) in [4.78, 5) is 0. The molecule has 3 rings (SSSR count). The van der Waals surface area contributed by atoms with Crippen LogP contribution in [-0.2, 0) is 12.8 Å². The first-order valence-electron chi connectivity index (χ1n) is 11.3. The molecule has 3 aromatic rings. The van der Waals surface area contributed by atoms with Crippen molar-refractivity contribution in [2.24, 2.45) is 0 Å². The Bertz CT molecular complexity index is 980. The monoisotopic (exact) mass is 428 g/mol. The van der Waals surface area contributed by atoms with E-state index in [0.717, 1.165) is 36.8 Å². The highest BCUT2D eigenvalue weighted by atomic mass is 19.3. The van der Waals surface area contributed by atoms with Crippen molar-refractivity contribution in [3.8, 4) is 16.9 Å². The largest absolute Gasteiger partial charge is 0.434 e. The molecular weight excluding hydrogens is 397 g/mol. The van der Waals surface area contributed by atoms with Gasteiger partial charge >= 0.3 is 6.61 Å². The van der Waals surface area contributed by atoms with Gasteiger partial charge in [0.05, 0.1) is 0 Å². The molecule has 0 atom stereocenters. The standard InChI is InChI=1S/C27H31F3O/c1-3-5-7-9-19-11-13-20(14-12-19)21-15-16-23-22(17-21)18-25(31-27(29)30)24(26(23)28)10-8-6-4-2/h11-18,27H,3-10H2,1-2H3. The fraction of sp³-hybridized carbons (Fsp3) is 0.407. The fourth-order valence-corrected chi connectivity index (χ4v) is 3.99. The third-order valence-electron chi connectivity index (χ3n) is 5.74. The molecule has 0 saturated carbocycles. The quantitative estimate of drug-likeness (QED) is 0.277. The second-order valence-electron chi connectivity index (χ2n) is 8.09. The van der Waals surface area contributed by atoms with Crippen molar-refractivity contribution in [1.82, 2.24) is 0 Å². The summed E-state index contributed by atoms with van der Waals surface area (Å²) in [5, 5.41) is 1.00. The number of aryl methyl sites for hydroxylation is 1. The zero-order valence-electron chi connectivity index (χ0n) is 18.4. The predicted molar refractivity (Wildman–Crippen MR) is 122 cm³/mol. The zero-order chi connectivity index (χ0) is 22.2. The van der Waals surface area contributed by atoms with Gasteiger partial charge in [-0.2, -0.15) is 8.78 Å². The van der Waals surface area contributed by atoms with Crippen molar-refractivity contribution < 1.29 is 17.9 Å². The number of fused-ring (bicyclic) bond motifs is 1. The van der Waals surface area contributed by atoms with Gasteiger partial charge in [-0.25, -0.2) is 4.39 Å². The van der Waals surface area contributed by atoms with Crippen molar-refractivity contribution in [1.29, 1.82) is 0 Å². The van der Waals surface area contributed by atoms with E-state index in [0.29, 0.717) is 17.2 Å². The first-order chi connectivity index (χ1) is 15.0. The molecule has 0 aliphatic heterocycles. The molecule has 1 nitrogen and oxygen atoms in total. The van der Waals surface area contributed by atoms with Crippen LogP contribution in [0, 0.1) is 5.82 Å². The first-order valence-corrected chi connectivity index (χ1v) is 11.3. The van der Waals surface area contributed by atoms with Crippen LogP contribution in [0.5, 0.6) is 5.75 Å². The molecule has 0 bridgehead atoms. The van der Waals surface area contributed by atoms with Gasteiger partial charge in [-0.05, 0) is 59.9 Å². The number of unbranched alkanes of at least 4 members (excludes halogenated alkanes) is 4. The second kappa shape index (κ2) is 11.2. The van der Waals surface area contributed by atoms with Crippen molar-refractivity contribution >= 4 is 10.8 Å². The minimum absolute atomic E-state index is 0.0560. The molecule has 0 heterocycles. The lowest BCUT2D eigenvalue weighted by molar-refractivity contribution is -0.0505. The average molecular weight is 429 g/mol. The van der Waals surface area contributed by atoms with E-state index in [1.54, 1.807) is 12.1 Å². The summed E-state index contributed by atoms with van der Waals surface area (Å²) in [6, 6.07) is 15.4. The van der Waals surface area contributed by atoms with Crippen LogP contribution in [0.25, 0.3) is 21.9 Å². The lowest BCUT2D eigenvalue weighted by Gasteiger charge is -2.15. The smallest absolute Gasteiger partial charge is 0.387 e. The molecule has 0 N–H and O–H groups in total. The highest BCUT2D eigenvalue weighted by molar-refractivity contribution is 5.90. The molecule has 0 spiro atoms. The van der Waals surface area contributed by atoms with E-state index in [1.807, 2.05) is 19.1 Å². The van der Waals surface area contributed by atoms with Gasteiger partial charge in [-0.1, -0.05) is 75.9 Å². The third-order valence-corrected chi connectivity index (χ3v) is 5.74. The van der Waals surface area contributed by atoms with E-state index in [9.17, 15) is 8.78 Å². The Morgan fingerprint density at radius 2 is 1.42 bits per heavy atom. The predicted octanol–water partition coefficient (Wildman–Crippen LogP) is 8.71. The van der Waals surface area contributed by atoms with Crippen molar-refractivity contribution in [3.05, 3.63) is 65.5 Å². The highest BCUT2D eigenvalue weighted by Gasteiger charge is 2.18. The number of rotatable bonds is 11. The number of halogens is 3. The second-order valence-corrected chi connectivity index (χ2v) is 8.09. The summed E-state index contributed by atoms with van der Waals surface area (Å²) >= 11 is 0. The Labute approximate surface area is 183 Å². The molecule has 0 aromatic heterocycles. The molecular formula is C27H31F3O. The Morgan fingerprint density at radius 3 is 2.06 bits per heavy atom. The molecule has 0 fully saturated rings. The lowest BCUT2D eigenvalue weighted by atomic mass is 9.96. The van der Waals surface area contributed by atoms with E-state index in [1.165, 1.54) is 24.8 Å². The van der Waals surface area contributed by atoms with E-state index in [-0.39, 0.29) is 11.3 Å². The van der Waals surface area contributed by atoms with Crippen LogP contribution < -0.4 is 4.74 Å². The molecule has 0 aliphatic carbocycles. The first kappa shape index (κ1) is 23.2. The van der Waals surface area contributed by atoms with Gasteiger partial charge in [0.1, 0.15) is 11.6 Å². The molecule has 0 saturated heterocycles. The summed E-state index contributed by atoms with van der Waals surface area (Å²) in [6.07, 6.45) is 7.68. The van der Waals surface area contributed by atoms with Crippen LogP contribution >= 0.6 is 0 Å². The Kier molecular flexibility index (Phi) is 8.39. The molecule has 31 heavy (non-hydrogen) atoms. The normalized spacial score (nSPS) is 11.4. The van der Waals surface area contributed by atoms with E-state index < -0.39 is 12.4 Å². The van der Waals surface area contributed by atoms with Gasteiger partial charge in [-0.15, -0.1) is 0 Å². The Hall–Kier alpha value is -2.49. The minimum Gasteiger partial charge on any atom is -0.434 e. The van der Waals surface area contributed by atoms with Gasteiger partial charge in [0.25, 0.3) is 0 Å². The molecule has 0 unspecified atom stereocenters. The number of benzene rings is 3. The highest BCUT2D eigenvalue weighted by Crippen LogP contribution is 2.34. The van der Waals surface area contributed by atoms with Gasteiger partial charge in [-0.3, -0.25) is 0 Å². The molecule has 0 aliphatic rings. The molecule has 0 amide bonds. The van der Waals surface area contributed by atoms with Gasteiger partial charge < -0.3 is 4.74 Å². The van der Waals surface area contributed by atoms with Crippen LogP contribution in [0.15, 0.2) is 48.5 Å². The summed E-state index contributed by atoms with van der Waals surface area (Å²) in [7, 11) is 0. The van der Waals surface area contributed by atoms with Crippen molar-refractivity contribution in [2.75, 3.05) is 0 Å². The molecule has 3 aromatic carbocycles. The molecule has 4 heteroatoms. The van der Waals surface area contributed by atoms with E-state index in [4.69, 9.17) is 4.74 Å². The maximum absolute atomic E-state index is 15.2. The zero-order valence-corrected chi connectivity index (χ0v) is 18.4. The van der Waals surface area contributed by atoms with Gasteiger partial charge in [0.15, 0.2) is 0 Å². The Morgan fingerprint density at radius 1 is 0.774 bits per heavy atom. The summed E-state index contributed by atoms with van der Waals surface area (Å²) in [6.45, 7) is 1.26. The summed E-state index contributed by atoms with van der Waals surface area (Å²) in [5.41, 5.74) is 3.48. The van der Waals surface area contributed by atoms with E-state index in [2.05, 4.69) is 31.2 Å². The van der Waals surface area contributed by atoms with Crippen molar-refractivity contribution in [2.45, 2.75) is 71.8 Å². The average Bonchev–Trinajstić information content (AvgIpc) is 2.76. The molecule has 0 radical (unpaired) electrons. The van der Waals surface area contributed by atoms with Crippen LogP contribution in [-0.4, -0.2) is 6.61 Å². The number of ether oxygens (including phenoxy) is 1. The van der Waals surface area contributed by atoms with Crippen LogP contribution in [0.4, 0.5) is 13.2 Å². The topological polar surface area (TPSA) is 9.23 Å². The van der Waals surface area contributed by atoms with Gasteiger partial charge in [0, 0.05) is 10.9 Å². The lowest BCUT2D eigenvalue weighted by Crippen LogP contribution is -2.06. The van der Waals surface area contributed by atoms with Crippen LogP contribution in [0.2, 0.25) is 0 Å². The number of alkyl halides is 2. The third kappa shape index (κ3) is 6.03. The maximum atomic E-state index is 15.2. The van der Waals surface area contributed by atoms with E-state index >= 15 is 4.39 Å². The minimum atomic E-state index is -2.98. The van der Waals surface area contributed by atoms with Gasteiger partial charge in [0.2, 0.25) is 0 Å². The summed E-state index contributed by atoms with van der Waals surface area (Å²) < 4.78 is 45.9. The maximum Gasteiger partial charge on any atom is 0.387 e.